The largest absolute Gasteiger partial charge is 0.206 e. The monoisotopic (exact) mass is 270 g/mol. The topological polar surface area (TPSA) is 0 Å². The van der Waals surface area contributed by atoms with E-state index in [2.05, 4.69) is 0 Å². The molecular weight excluding hydrogens is 262 g/mol. The number of rotatable bonds is 3. The quantitative estimate of drug-likeness (QED) is 0.705. The van der Waals surface area contributed by atoms with Crippen LogP contribution in [0.1, 0.15) is 12.0 Å². The van der Waals surface area contributed by atoms with E-state index in [1.54, 1.807) is 0 Å². The highest BCUT2D eigenvalue weighted by Gasteiger charge is 2.30. The summed E-state index contributed by atoms with van der Waals surface area (Å²) < 4.78 is -1.38. The number of alkyl halides is 4. The molecule has 0 aliphatic carbocycles. The van der Waals surface area contributed by atoms with Gasteiger partial charge >= 0.3 is 0 Å². The van der Waals surface area contributed by atoms with Crippen LogP contribution < -0.4 is 0 Å². The van der Waals surface area contributed by atoms with Crippen LogP contribution in [0, 0.1) is 0 Å². The van der Waals surface area contributed by atoms with Crippen LogP contribution in [0.5, 0.6) is 0 Å². The second-order valence-electron chi connectivity index (χ2n) is 3.03. The third-order valence-electron chi connectivity index (χ3n) is 1.88. The van der Waals surface area contributed by atoms with Crippen molar-refractivity contribution in [1.29, 1.82) is 0 Å². The van der Waals surface area contributed by atoms with Gasteiger partial charge in [-0.1, -0.05) is 65.1 Å². The van der Waals surface area contributed by atoms with Gasteiger partial charge in [-0.25, -0.2) is 0 Å². The summed E-state index contributed by atoms with van der Waals surface area (Å²) >= 11 is 22.9. The van der Waals surface area contributed by atoms with E-state index in [0.29, 0.717) is 6.42 Å². The van der Waals surface area contributed by atoms with E-state index in [4.69, 9.17) is 46.4 Å². The van der Waals surface area contributed by atoms with Gasteiger partial charge in [-0.2, -0.15) is 0 Å². The van der Waals surface area contributed by atoms with Crippen LogP contribution in [0.25, 0.3) is 0 Å². The lowest BCUT2D eigenvalue weighted by atomic mass is 10.1. The second-order valence-corrected chi connectivity index (χ2v) is 5.93. The summed E-state index contributed by atoms with van der Waals surface area (Å²) in [5.74, 6) is 0. The minimum atomic E-state index is -1.38. The predicted octanol–water partition coefficient (Wildman–Crippen LogP) is 4.60. The number of hydrogen-bond donors (Lipinski definition) is 0. The maximum Gasteiger partial charge on any atom is 0.206 e. The molecule has 0 aliphatic rings. The second kappa shape index (κ2) is 5.46. The molecule has 1 unspecified atom stereocenters. The van der Waals surface area contributed by atoms with Gasteiger partial charge in [0.15, 0.2) is 0 Å². The van der Waals surface area contributed by atoms with Gasteiger partial charge in [0.2, 0.25) is 3.79 Å². The Kier molecular flexibility index (Phi) is 4.86. The zero-order valence-corrected chi connectivity index (χ0v) is 10.4. The van der Waals surface area contributed by atoms with E-state index < -0.39 is 9.17 Å². The zero-order chi connectivity index (χ0) is 10.6. The van der Waals surface area contributed by atoms with Gasteiger partial charge in [0.05, 0.1) is 5.38 Å². The molecule has 0 radical (unpaired) electrons. The Morgan fingerprint density at radius 3 is 2.14 bits per heavy atom. The van der Waals surface area contributed by atoms with Gasteiger partial charge in [-0.3, -0.25) is 0 Å². The summed E-state index contributed by atoms with van der Waals surface area (Å²) in [6.07, 6.45) is 1.48. The van der Waals surface area contributed by atoms with Crippen molar-refractivity contribution >= 4 is 46.4 Å². The van der Waals surface area contributed by atoms with E-state index in [1.165, 1.54) is 5.56 Å². The molecule has 0 bridgehead atoms. The fourth-order valence-electron chi connectivity index (χ4n) is 1.10. The van der Waals surface area contributed by atoms with Crippen LogP contribution in [0.4, 0.5) is 0 Å². The third kappa shape index (κ3) is 4.27. The average molecular weight is 272 g/mol. The Balaban J connectivity index is 2.42. The molecule has 0 heterocycles. The lowest BCUT2D eigenvalue weighted by Crippen LogP contribution is -2.19. The van der Waals surface area contributed by atoms with Gasteiger partial charge in [0, 0.05) is 0 Å². The van der Waals surface area contributed by atoms with Crippen LogP contribution in [0.15, 0.2) is 30.3 Å². The maximum absolute atomic E-state index is 5.91. The van der Waals surface area contributed by atoms with Crippen molar-refractivity contribution in [1.82, 2.24) is 0 Å². The number of halogens is 4. The molecule has 1 atom stereocenters. The van der Waals surface area contributed by atoms with Crippen LogP contribution in [0.3, 0.4) is 0 Å². The fourth-order valence-corrected chi connectivity index (χ4v) is 1.54. The average Bonchev–Trinajstić information content (AvgIpc) is 2.14. The van der Waals surface area contributed by atoms with Gasteiger partial charge in [0.1, 0.15) is 0 Å². The third-order valence-corrected chi connectivity index (χ3v) is 3.56. The van der Waals surface area contributed by atoms with Crippen molar-refractivity contribution in [2.45, 2.75) is 22.0 Å². The summed E-state index contributed by atoms with van der Waals surface area (Å²) in [5, 5.41) is -0.451. The highest BCUT2D eigenvalue weighted by atomic mass is 35.6. The number of hydrogen-bond acceptors (Lipinski definition) is 0. The van der Waals surface area contributed by atoms with Crippen LogP contribution in [0.2, 0.25) is 0 Å². The summed E-state index contributed by atoms with van der Waals surface area (Å²) in [7, 11) is 0. The Morgan fingerprint density at radius 1 is 1.07 bits per heavy atom. The van der Waals surface area contributed by atoms with Crippen LogP contribution in [-0.4, -0.2) is 9.17 Å². The Morgan fingerprint density at radius 2 is 1.64 bits per heavy atom. The highest BCUT2D eigenvalue weighted by Crippen LogP contribution is 2.36. The highest BCUT2D eigenvalue weighted by molar-refractivity contribution is 6.70. The number of benzene rings is 1. The van der Waals surface area contributed by atoms with Gasteiger partial charge < -0.3 is 0 Å². The molecule has 0 nitrogen and oxygen atoms in total. The normalized spacial score (nSPS) is 14.0. The maximum atomic E-state index is 5.91. The van der Waals surface area contributed by atoms with Crippen molar-refractivity contribution in [3.05, 3.63) is 35.9 Å². The smallest absolute Gasteiger partial charge is 0.118 e. The summed E-state index contributed by atoms with van der Waals surface area (Å²) in [4.78, 5) is 0. The standard InChI is InChI=1S/C10H10Cl4/c11-9(10(12,13)14)7-6-8-4-2-1-3-5-8/h1-5,9H,6-7H2. The van der Waals surface area contributed by atoms with E-state index in [-0.39, 0.29) is 0 Å². The van der Waals surface area contributed by atoms with Crippen LogP contribution >= 0.6 is 46.4 Å². The SMILES string of the molecule is ClC(CCc1ccccc1)C(Cl)(Cl)Cl. The molecule has 0 fully saturated rings. The van der Waals surface area contributed by atoms with E-state index >= 15 is 0 Å². The summed E-state index contributed by atoms with van der Waals surface area (Å²) in [6.45, 7) is 0. The minimum absolute atomic E-state index is 0.451. The van der Waals surface area contributed by atoms with Crippen molar-refractivity contribution in [2.75, 3.05) is 0 Å². The molecule has 4 heteroatoms. The van der Waals surface area contributed by atoms with Crippen molar-refractivity contribution in [3.8, 4) is 0 Å². The lowest BCUT2D eigenvalue weighted by molar-refractivity contribution is 0.761. The summed E-state index contributed by atoms with van der Waals surface area (Å²) in [6, 6.07) is 9.99. The van der Waals surface area contributed by atoms with Crippen molar-refractivity contribution in [3.63, 3.8) is 0 Å². The number of aryl methyl sites for hydroxylation is 1. The Labute approximate surface area is 104 Å². The molecule has 0 aliphatic heterocycles. The molecule has 1 aromatic carbocycles. The first-order valence-corrected chi connectivity index (χ1v) is 5.82. The van der Waals surface area contributed by atoms with E-state index in [9.17, 15) is 0 Å². The van der Waals surface area contributed by atoms with Gasteiger partial charge in [0.25, 0.3) is 0 Å². The molecule has 0 saturated carbocycles. The Hall–Kier alpha value is 0.380. The molecule has 14 heavy (non-hydrogen) atoms. The zero-order valence-electron chi connectivity index (χ0n) is 7.39. The van der Waals surface area contributed by atoms with Gasteiger partial charge in [-0.05, 0) is 18.4 Å². The molecule has 1 aromatic rings. The van der Waals surface area contributed by atoms with Crippen molar-refractivity contribution < 1.29 is 0 Å². The first kappa shape index (κ1) is 12.4. The van der Waals surface area contributed by atoms with E-state index in [1.807, 2.05) is 30.3 Å². The minimum Gasteiger partial charge on any atom is -0.118 e. The molecule has 1 rings (SSSR count). The van der Waals surface area contributed by atoms with Gasteiger partial charge in [-0.15, -0.1) is 11.6 Å². The lowest BCUT2D eigenvalue weighted by Gasteiger charge is -2.17. The van der Waals surface area contributed by atoms with Crippen molar-refractivity contribution in [2.24, 2.45) is 0 Å². The summed E-state index contributed by atoms with van der Waals surface area (Å²) in [5.41, 5.74) is 1.20. The molecule has 0 saturated heterocycles. The first-order chi connectivity index (χ1) is 6.50. The first-order valence-electron chi connectivity index (χ1n) is 4.25. The van der Waals surface area contributed by atoms with Crippen LogP contribution in [-0.2, 0) is 6.42 Å². The molecular formula is C10H10Cl4. The molecule has 78 valence electrons. The predicted molar refractivity (Wildman–Crippen MR) is 64.7 cm³/mol. The molecule has 0 spiro atoms. The molecule has 0 amide bonds. The van der Waals surface area contributed by atoms with E-state index in [0.717, 1.165) is 6.42 Å². The fraction of sp³-hybridized carbons (Fsp3) is 0.400. The Bertz CT molecular complexity index is 265. The molecule has 0 aromatic heterocycles. The molecule has 0 N–H and O–H groups in total.